The van der Waals surface area contributed by atoms with E-state index in [9.17, 15) is 72.9 Å². The highest BCUT2D eigenvalue weighted by molar-refractivity contribution is 6.00. The average molecular weight is 1260 g/mol. The summed E-state index contributed by atoms with van der Waals surface area (Å²) < 4.78 is 5.71. The van der Waals surface area contributed by atoms with Crippen LogP contribution in [0.15, 0.2) is 35.3 Å². The molecule has 0 aliphatic carbocycles. The van der Waals surface area contributed by atoms with E-state index in [1.54, 1.807) is 41.7 Å². The number of hydrogen-bond donors (Lipinski definition) is 17. The molecule has 1 aromatic rings. The van der Waals surface area contributed by atoms with Crippen LogP contribution in [0.5, 0.6) is 0 Å². The van der Waals surface area contributed by atoms with Gasteiger partial charge < -0.3 is 95.3 Å². The molecule has 498 valence electrons. The van der Waals surface area contributed by atoms with Gasteiger partial charge in [0, 0.05) is 6.42 Å². The number of carbonyl (C=O) groups is 12. The molecule has 17 atom stereocenters. The van der Waals surface area contributed by atoms with Gasteiger partial charge in [-0.15, -0.1) is 0 Å². The highest BCUT2D eigenvalue weighted by atomic mass is 16.5. The van der Waals surface area contributed by atoms with E-state index < -0.39 is 199 Å². The second kappa shape index (κ2) is 35.8. The fraction of sp³-hybridized carbons (Fsp3) is 0.672. The number of nitrogens with zero attached hydrogens (tertiary/aromatic N) is 1. The van der Waals surface area contributed by atoms with Crippen LogP contribution in [-0.2, 0) is 68.7 Å². The number of esters is 1. The number of aliphatic hydroxyl groups excluding tert-OH is 2. The maximum atomic E-state index is 14.4. The second-order valence-electron chi connectivity index (χ2n) is 23.1. The standard InChI is InChI=1S/C58H95N15O16/c1-12-28(5)41(69-48(79)36(61-11)23-33-19-17-16-18-20-33)52(83)67-38(26-74)50(81)65-35(21-22-40(59)76)47(78)73-45(58(10,88)15-4)55(86)70-42(29(6)13-2)53(84)68-39(27-75)51(82)72-44-32(9)89-56(87)43(30(7)14-3)71-49(80)37(24-34-25-62-57(60)64-34)66-46(77)31(8)63-54(44)85/h16-20,28-32,34-39,41-45,61,74-75,88H,12-15,21-27H2,1-11H3,(H2,59,76)(H,63,85)(H,65,81)(H,66,77)(H,67,83)(H,68,84)(H,69,79)(H,70,86)(H,71,80)(H,72,82)(H,73,78)(H3,60,62,64)/t28-,29-,30-,31-,32-,34-,35+,36+,37-,38-,39-,41-,42-,43-,44+,45-,58?/m0/s1. The van der Waals surface area contributed by atoms with Crippen molar-refractivity contribution in [2.75, 3.05) is 26.8 Å². The molecule has 3 rings (SSSR count). The Hall–Kier alpha value is -8.03. The largest absolute Gasteiger partial charge is 0.458 e. The minimum Gasteiger partial charge on any atom is -0.458 e. The third-order valence-electron chi connectivity index (χ3n) is 16.2. The van der Waals surface area contributed by atoms with Gasteiger partial charge in [0.05, 0.1) is 37.4 Å². The first-order valence-corrected chi connectivity index (χ1v) is 30.1. The van der Waals surface area contributed by atoms with Gasteiger partial charge in [0.1, 0.15) is 66.5 Å². The van der Waals surface area contributed by atoms with E-state index in [0.29, 0.717) is 12.8 Å². The molecule has 31 heteroatoms. The third kappa shape index (κ3) is 22.5. The van der Waals surface area contributed by atoms with Crippen LogP contribution in [0, 0.1) is 17.8 Å². The summed E-state index contributed by atoms with van der Waals surface area (Å²) in [6.07, 6.45) is -1.55. The van der Waals surface area contributed by atoms with Crippen LogP contribution in [-0.4, -0.2) is 203 Å². The molecule has 0 aromatic heterocycles. The van der Waals surface area contributed by atoms with Crippen molar-refractivity contribution in [1.82, 2.24) is 63.8 Å². The van der Waals surface area contributed by atoms with Crippen LogP contribution in [0.1, 0.15) is 120 Å². The van der Waals surface area contributed by atoms with E-state index >= 15 is 0 Å². The predicted octanol–water partition coefficient (Wildman–Crippen LogP) is -5.14. The molecule has 2 heterocycles. The molecule has 0 bridgehead atoms. The van der Waals surface area contributed by atoms with Crippen LogP contribution in [0.2, 0.25) is 0 Å². The minimum atomic E-state index is -2.11. The molecule has 89 heavy (non-hydrogen) atoms. The number of likely N-dealkylation sites (N-methyl/N-ethyl adjacent to an activating group) is 1. The van der Waals surface area contributed by atoms with Crippen molar-refractivity contribution in [3.05, 3.63) is 35.9 Å². The molecular formula is C58H95N15O16. The van der Waals surface area contributed by atoms with Crippen molar-refractivity contribution >= 4 is 76.9 Å². The van der Waals surface area contributed by atoms with Crippen LogP contribution in [0.25, 0.3) is 0 Å². The number of guanidine groups is 1. The molecule has 19 N–H and O–H groups in total. The fourth-order valence-corrected chi connectivity index (χ4v) is 9.48. The Labute approximate surface area is 518 Å². The zero-order chi connectivity index (χ0) is 67.0. The maximum Gasteiger partial charge on any atom is 0.329 e. The molecule has 0 saturated carbocycles. The highest BCUT2D eigenvalue weighted by Gasteiger charge is 2.44. The van der Waals surface area contributed by atoms with Gasteiger partial charge in [-0.05, 0) is 76.8 Å². The number of rotatable bonds is 32. The lowest BCUT2D eigenvalue weighted by molar-refractivity contribution is -0.157. The lowest BCUT2D eigenvalue weighted by atomic mass is 9.90. The summed E-state index contributed by atoms with van der Waals surface area (Å²) in [4.78, 5) is 170. The first kappa shape index (κ1) is 75.2. The van der Waals surface area contributed by atoms with Crippen molar-refractivity contribution in [1.29, 1.82) is 0 Å². The third-order valence-corrected chi connectivity index (χ3v) is 16.2. The van der Waals surface area contributed by atoms with Crippen molar-refractivity contribution < 1.29 is 77.6 Å². The van der Waals surface area contributed by atoms with Gasteiger partial charge in [-0.1, -0.05) is 98.1 Å². The summed E-state index contributed by atoms with van der Waals surface area (Å²) >= 11 is 0. The summed E-state index contributed by atoms with van der Waals surface area (Å²) in [5, 5.41) is 63.3. The molecule has 1 fully saturated rings. The lowest BCUT2D eigenvalue weighted by Crippen LogP contribution is -2.65. The van der Waals surface area contributed by atoms with Gasteiger partial charge >= 0.3 is 5.97 Å². The normalized spacial score (nSPS) is 23.0. The van der Waals surface area contributed by atoms with E-state index in [-0.39, 0.29) is 38.2 Å². The minimum absolute atomic E-state index is 0.0226. The number of nitrogens with one attached hydrogen (secondary N) is 12. The maximum absolute atomic E-state index is 14.4. The zero-order valence-corrected chi connectivity index (χ0v) is 52.7. The summed E-state index contributed by atoms with van der Waals surface area (Å²) in [6, 6.07) is -7.92. The number of cyclic esters (lactones) is 1. The van der Waals surface area contributed by atoms with Gasteiger partial charge in [-0.2, -0.15) is 0 Å². The molecule has 2 aliphatic heterocycles. The first-order chi connectivity index (χ1) is 41.9. The Morgan fingerprint density at radius 1 is 0.685 bits per heavy atom. The van der Waals surface area contributed by atoms with E-state index in [4.69, 9.17) is 16.2 Å². The molecule has 1 saturated heterocycles. The summed E-state index contributed by atoms with van der Waals surface area (Å²) in [5.74, 6) is -13.3. The molecule has 1 aromatic carbocycles. The zero-order valence-electron chi connectivity index (χ0n) is 52.7. The highest BCUT2D eigenvalue weighted by Crippen LogP contribution is 2.19. The first-order valence-electron chi connectivity index (χ1n) is 30.1. The van der Waals surface area contributed by atoms with Gasteiger partial charge in [-0.25, -0.2) is 4.79 Å². The lowest BCUT2D eigenvalue weighted by Gasteiger charge is -2.35. The topological polar surface area (TPSA) is 484 Å². The number of ether oxygens (including phenoxy) is 1. The van der Waals surface area contributed by atoms with Crippen molar-refractivity contribution in [3.8, 4) is 0 Å². The van der Waals surface area contributed by atoms with Crippen LogP contribution >= 0.6 is 0 Å². The monoisotopic (exact) mass is 1260 g/mol. The molecule has 2 aliphatic rings. The number of aliphatic imine (C=N–C) groups is 1. The molecule has 31 nitrogen and oxygen atoms in total. The molecule has 1 unspecified atom stereocenters. The fourth-order valence-electron chi connectivity index (χ4n) is 9.48. The van der Waals surface area contributed by atoms with E-state index in [1.165, 1.54) is 34.6 Å². The van der Waals surface area contributed by atoms with Gasteiger partial charge in [0.15, 0.2) is 5.96 Å². The van der Waals surface area contributed by atoms with Crippen molar-refractivity contribution in [2.24, 2.45) is 34.2 Å². The molecule has 11 amide bonds. The Kier molecular flexibility index (Phi) is 30.3. The number of aliphatic hydroxyl groups is 3. The van der Waals surface area contributed by atoms with Crippen molar-refractivity contribution in [3.63, 3.8) is 0 Å². The van der Waals surface area contributed by atoms with Crippen LogP contribution in [0.3, 0.4) is 0 Å². The number of nitrogens with two attached hydrogens (primary N) is 2. The Balaban J connectivity index is 1.87. The molecule has 0 spiro atoms. The van der Waals surface area contributed by atoms with Gasteiger partial charge in [0.2, 0.25) is 65.0 Å². The number of benzene rings is 1. The molecule has 0 radical (unpaired) electrons. The Morgan fingerprint density at radius 3 is 1.73 bits per heavy atom. The average Bonchev–Trinajstić information content (AvgIpc) is 2.20. The Morgan fingerprint density at radius 2 is 1.22 bits per heavy atom. The number of primary amides is 1. The number of carbonyl (C=O) groups excluding carboxylic acids is 12. The number of amides is 11. The summed E-state index contributed by atoms with van der Waals surface area (Å²) in [7, 11) is 1.58. The number of hydrogen-bond acceptors (Lipinski definition) is 20. The van der Waals surface area contributed by atoms with Crippen LogP contribution < -0.4 is 75.3 Å². The summed E-state index contributed by atoms with van der Waals surface area (Å²) in [5.41, 5.74) is 9.93. The second-order valence-corrected chi connectivity index (χ2v) is 23.1. The van der Waals surface area contributed by atoms with Crippen molar-refractivity contribution in [2.45, 2.75) is 205 Å². The van der Waals surface area contributed by atoms with E-state index in [2.05, 4.69) is 68.8 Å². The van der Waals surface area contributed by atoms with E-state index in [1.807, 2.05) is 30.3 Å². The van der Waals surface area contributed by atoms with Gasteiger partial charge in [0.25, 0.3) is 0 Å². The summed E-state index contributed by atoms with van der Waals surface area (Å²) in [6.45, 7) is 13.3. The van der Waals surface area contributed by atoms with E-state index in [0.717, 1.165) is 5.56 Å². The SMILES string of the molecule is CC[C@H](C)[C@H](NC(=O)[C@@H](Cc1ccccc1)NC)C(=O)N[C@@H](CO)C(=O)N[C@H](CCC(N)=O)C(=O)N[C@@H](C(=O)N[C@H](C(=O)N[C@@H](CO)C(=O)N[C@H]1C(=O)N[C@@H](C)C(=O)N[C@@H](C[C@H]2CN=C(N)N2)C(=O)N[C@@H]([C@@H](C)CC)C(=O)O[C@H]1C)[C@@H](C)CC)C(C)(O)CC. The predicted molar refractivity (Wildman–Crippen MR) is 323 cm³/mol. The smallest absolute Gasteiger partial charge is 0.329 e. The van der Waals surface area contributed by atoms with Crippen LogP contribution in [0.4, 0.5) is 0 Å². The quantitative estimate of drug-likeness (QED) is 0.0300. The Bertz CT molecular complexity index is 2670. The van der Waals surface area contributed by atoms with Gasteiger partial charge in [-0.3, -0.25) is 57.7 Å². The molecular weight excluding hydrogens is 1160 g/mol.